The number of carbonyl (C=O) groups is 1. The first-order valence-corrected chi connectivity index (χ1v) is 3.62. The highest BCUT2D eigenvalue weighted by atomic mass is 16.4. The smallest absolute Gasteiger partial charge is 0.331 e. The summed E-state index contributed by atoms with van der Waals surface area (Å²) < 4.78 is 0. The monoisotopic (exact) mass is 154 g/mol. The van der Waals surface area contributed by atoms with E-state index in [0.29, 0.717) is 11.5 Å². The van der Waals surface area contributed by atoms with Gasteiger partial charge in [0.1, 0.15) is 0 Å². The van der Waals surface area contributed by atoms with E-state index in [1.807, 2.05) is 19.9 Å². The summed E-state index contributed by atoms with van der Waals surface area (Å²) in [7, 11) is 0. The van der Waals surface area contributed by atoms with Crippen LogP contribution in [0.1, 0.15) is 20.8 Å². The Hall–Kier alpha value is -1.05. The topological polar surface area (TPSA) is 37.3 Å². The first kappa shape index (κ1) is 9.95. The third-order valence-electron chi connectivity index (χ3n) is 1.18. The van der Waals surface area contributed by atoms with Gasteiger partial charge in [-0.1, -0.05) is 32.1 Å². The van der Waals surface area contributed by atoms with Crippen molar-refractivity contribution in [1.29, 1.82) is 0 Å². The van der Waals surface area contributed by atoms with E-state index >= 15 is 0 Å². The number of carboxylic acids is 1. The minimum atomic E-state index is -0.863. The molecule has 2 nitrogen and oxygen atoms in total. The summed E-state index contributed by atoms with van der Waals surface area (Å²) in [6.45, 7) is 5.66. The van der Waals surface area contributed by atoms with Gasteiger partial charge in [-0.2, -0.15) is 0 Å². The van der Waals surface area contributed by atoms with Gasteiger partial charge in [-0.25, -0.2) is 4.79 Å². The number of hydrogen-bond acceptors (Lipinski definition) is 1. The first-order valence-electron chi connectivity index (χ1n) is 3.62. The third-order valence-corrected chi connectivity index (χ3v) is 1.18. The Bertz CT molecular complexity index is 188. The Morgan fingerprint density at radius 1 is 1.45 bits per heavy atom. The highest BCUT2D eigenvalue weighted by Crippen LogP contribution is 1.97. The van der Waals surface area contributed by atoms with Gasteiger partial charge in [0.2, 0.25) is 0 Å². The fraction of sp³-hybridized carbons (Fsp3) is 0.444. The van der Waals surface area contributed by atoms with Crippen molar-refractivity contribution >= 4 is 5.97 Å². The van der Waals surface area contributed by atoms with Crippen LogP contribution in [-0.4, -0.2) is 11.1 Å². The molecule has 0 rings (SSSR count). The molecule has 0 aliphatic heterocycles. The first-order chi connectivity index (χ1) is 5.04. The summed E-state index contributed by atoms with van der Waals surface area (Å²) >= 11 is 0. The van der Waals surface area contributed by atoms with E-state index in [2.05, 4.69) is 0 Å². The summed E-state index contributed by atoms with van der Waals surface area (Å²) in [5.74, 6) is -0.397. The minimum absolute atomic E-state index is 0.363. The molecule has 0 spiro atoms. The van der Waals surface area contributed by atoms with Gasteiger partial charge in [-0.05, 0) is 12.8 Å². The molecule has 0 bridgehead atoms. The standard InChI is InChI=1S/C9H14O2/c1-7(2)5-4-6-8(3)9(10)11/h4-7H,1-3H3,(H,10,11). The van der Waals surface area contributed by atoms with Crippen molar-refractivity contribution < 1.29 is 9.90 Å². The molecule has 0 aromatic carbocycles. The van der Waals surface area contributed by atoms with Crippen molar-refractivity contribution in [3.63, 3.8) is 0 Å². The number of hydrogen-bond donors (Lipinski definition) is 1. The SMILES string of the molecule is CC(=CC=CC(C)C)C(=O)O. The zero-order valence-corrected chi connectivity index (χ0v) is 7.16. The number of rotatable bonds is 3. The average molecular weight is 154 g/mol. The van der Waals surface area contributed by atoms with Crippen molar-refractivity contribution in [1.82, 2.24) is 0 Å². The largest absolute Gasteiger partial charge is 0.478 e. The van der Waals surface area contributed by atoms with Crippen LogP contribution in [0, 0.1) is 5.92 Å². The van der Waals surface area contributed by atoms with Gasteiger partial charge in [0.25, 0.3) is 0 Å². The molecule has 0 heterocycles. The van der Waals surface area contributed by atoms with Crippen molar-refractivity contribution in [2.45, 2.75) is 20.8 Å². The minimum Gasteiger partial charge on any atom is -0.478 e. The molecule has 0 aromatic heterocycles. The lowest BCUT2D eigenvalue weighted by atomic mass is 10.2. The molecule has 0 unspecified atom stereocenters. The van der Waals surface area contributed by atoms with E-state index in [1.165, 1.54) is 0 Å². The molecular formula is C9H14O2. The molecule has 0 atom stereocenters. The van der Waals surface area contributed by atoms with E-state index in [1.54, 1.807) is 19.1 Å². The summed E-state index contributed by atoms with van der Waals surface area (Å²) in [5, 5.41) is 8.45. The highest BCUT2D eigenvalue weighted by molar-refractivity contribution is 5.86. The number of aliphatic carboxylic acids is 1. The van der Waals surface area contributed by atoms with Gasteiger partial charge in [-0.3, -0.25) is 0 Å². The zero-order chi connectivity index (χ0) is 8.85. The highest BCUT2D eigenvalue weighted by Gasteiger charge is 1.95. The lowest BCUT2D eigenvalue weighted by molar-refractivity contribution is -0.132. The van der Waals surface area contributed by atoms with Crippen LogP contribution >= 0.6 is 0 Å². The molecule has 0 fully saturated rings. The third kappa shape index (κ3) is 5.40. The maximum atomic E-state index is 10.3. The van der Waals surface area contributed by atoms with Crippen LogP contribution in [0.3, 0.4) is 0 Å². The molecule has 0 radical (unpaired) electrons. The molecule has 62 valence electrons. The van der Waals surface area contributed by atoms with E-state index in [-0.39, 0.29) is 0 Å². The maximum Gasteiger partial charge on any atom is 0.331 e. The van der Waals surface area contributed by atoms with Crippen LogP contribution < -0.4 is 0 Å². The van der Waals surface area contributed by atoms with E-state index < -0.39 is 5.97 Å². The number of carboxylic acid groups (broad SMARTS) is 1. The Kier molecular flexibility index (Phi) is 4.27. The van der Waals surface area contributed by atoms with Crippen LogP contribution in [0.2, 0.25) is 0 Å². The van der Waals surface area contributed by atoms with Crippen molar-refractivity contribution in [2.75, 3.05) is 0 Å². The Morgan fingerprint density at radius 3 is 2.36 bits per heavy atom. The van der Waals surface area contributed by atoms with E-state index in [4.69, 9.17) is 5.11 Å². The normalized spacial score (nSPS) is 12.9. The second kappa shape index (κ2) is 4.72. The molecule has 0 aromatic rings. The Labute approximate surface area is 67.2 Å². The molecule has 0 saturated carbocycles. The lowest BCUT2D eigenvalue weighted by Gasteiger charge is -1.91. The van der Waals surface area contributed by atoms with Gasteiger partial charge in [0.15, 0.2) is 0 Å². The molecule has 0 aliphatic rings. The van der Waals surface area contributed by atoms with Gasteiger partial charge >= 0.3 is 5.97 Å². The Balaban J connectivity index is 4.02. The predicted octanol–water partition coefficient (Wildman–Crippen LogP) is 2.23. The molecule has 0 saturated heterocycles. The molecular weight excluding hydrogens is 140 g/mol. The summed E-state index contributed by atoms with van der Waals surface area (Å²) in [4.78, 5) is 10.3. The van der Waals surface area contributed by atoms with Crippen LogP contribution in [-0.2, 0) is 4.79 Å². The quantitative estimate of drug-likeness (QED) is 0.500. The molecule has 0 amide bonds. The van der Waals surface area contributed by atoms with Crippen LogP contribution in [0.15, 0.2) is 23.8 Å². The summed E-state index contributed by atoms with van der Waals surface area (Å²) in [6.07, 6.45) is 5.32. The molecule has 11 heavy (non-hydrogen) atoms. The van der Waals surface area contributed by atoms with Crippen molar-refractivity contribution in [3.05, 3.63) is 23.8 Å². The summed E-state index contributed by atoms with van der Waals surface area (Å²) in [5.41, 5.74) is 0.363. The number of allylic oxidation sites excluding steroid dienone is 3. The predicted molar refractivity (Wildman–Crippen MR) is 45.4 cm³/mol. The fourth-order valence-corrected chi connectivity index (χ4v) is 0.493. The average Bonchev–Trinajstić information content (AvgIpc) is 1.86. The summed E-state index contributed by atoms with van der Waals surface area (Å²) in [6, 6.07) is 0. The van der Waals surface area contributed by atoms with Crippen molar-refractivity contribution in [3.8, 4) is 0 Å². The second-order valence-corrected chi connectivity index (χ2v) is 2.78. The molecule has 2 heteroatoms. The molecule has 1 N–H and O–H groups in total. The van der Waals surface area contributed by atoms with Crippen molar-refractivity contribution in [2.24, 2.45) is 5.92 Å². The maximum absolute atomic E-state index is 10.3. The van der Waals surface area contributed by atoms with E-state index in [9.17, 15) is 4.79 Å². The Morgan fingerprint density at radius 2 is 2.00 bits per heavy atom. The van der Waals surface area contributed by atoms with Gasteiger partial charge < -0.3 is 5.11 Å². The lowest BCUT2D eigenvalue weighted by Crippen LogP contribution is -1.94. The van der Waals surface area contributed by atoms with Crippen LogP contribution in [0.25, 0.3) is 0 Å². The molecule has 0 aliphatic carbocycles. The fourth-order valence-electron chi connectivity index (χ4n) is 0.493. The second-order valence-electron chi connectivity index (χ2n) is 2.78. The van der Waals surface area contributed by atoms with Gasteiger partial charge in [0, 0.05) is 5.57 Å². The van der Waals surface area contributed by atoms with Gasteiger partial charge in [-0.15, -0.1) is 0 Å². The van der Waals surface area contributed by atoms with Gasteiger partial charge in [0.05, 0.1) is 0 Å². The zero-order valence-electron chi connectivity index (χ0n) is 7.16. The van der Waals surface area contributed by atoms with Crippen LogP contribution in [0.5, 0.6) is 0 Å². The van der Waals surface area contributed by atoms with E-state index in [0.717, 1.165) is 0 Å². The van der Waals surface area contributed by atoms with Crippen LogP contribution in [0.4, 0.5) is 0 Å².